The number of unbranched alkanes of at least 4 members (excludes halogenated alkanes) is 28. The molecule has 0 saturated heterocycles. The van der Waals surface area contributed by atoms with Gasteiger partial charge in [0.2, 0.25) is 0 Å². The first kappa shape index (κ1) is 74.8. The normalized spacial score (nSPS) is 12.9. The van der Waals surface area contributed by atoms with Crippen LogP contribution in [0.25, 0.3) is 0 Å². The Balaban J connectivity index is 4.48. The zero-order chi connectivity index (χ0) is 57.1. The third-order valence-electron chi connectivity index (χ3n) is 14.0. The largest absolute Gasteiger partial charge is 0.462 e. The average molecular weight is 1100 g/mol. The number of ether oxygens (including phenoxy) is 3. The van der Waals surface area contributed by atoms with Crippen LogP contribution < -0.4 is 0 Å². The highest BCUT2D eigenvalue weighted by Crippen LogP contribution is 2.16. The predicted molar refractivity (Wildman–Crippen MR) is 343 cm³/mol. The van der Waals surface area contributed by atoms with Crippen molar-refractivity contribution in [3.63, 3.8) is 0 Å². The summed E-state index contributed by atoms with van der Waals surface area (Å²) in [5.74, 6) is -0.961. The molecule has 0 N–H and O–H groups in total. The SMILES string of the molecule is CC/C=C\C/C=C\C/C=C\C/C=C\C/C=C\C/C=C\C/C=C\CCCC(=O)OCC(COC(=O)CCCCCCCCCCCCCCCCC)OC(=O)CCCCCCCCCC/C=C\C/C=C\C/C=C\CCCCCCC. The van der Waals surface area contributed by atoms with E-state index in [1.165, 1.54) is 148 Å². The number of carbonyl (C=O) groups is 3. The molecule has 79 heavy (non-hydrogen) atoms. The van der Waals surface area contributed by atoms with Gasteiger partial charge in [-0.3, -0.25) is 14.4 Å². The van der Waals surface area contributed by atoms with Gasteiger partial charge in [0.25, 0.3) is 0 Å². The number of carbonyl (C=O) groups excluding carboxylic acids is 3. The molecule has 0 saturated carbocycles. The van der Waals surface area contributed by atoms with E-state index in [9.17, 15) is 14.4 Å². The molecule has 0 aliphatic rings. The predicted octanol–water partition coefficient (Wildman–Crippen LogP) is 22.8. The summed E-state index contributed by atoms with van der Waals surface area (Å²) in [6, 6.07) is 0. The zero-order valence-electron chi connectivity index (χ0n) is 51.6. The highest BCUT2D eigenvalue weighted by molar-refractivity contribution is 5.71. The van der Waals surface area contributed by atoms with Crippen LogP contribution in [0, 0.1) is 0 Å². The van der Waals surface area contributed by atoms with Crippen LogP contribution in [0.5, 0.6) is 0 Å². The van der Waals surface area contributed by atoms with E-state index in [0.29, 0.717) is 19.3 Å². The van der Waals surface area contributed by atoms with Crippen molar-refractivity contribution in [2.45, 2.75) is 309 Å². The Hall–Kier alpha value is -4.19. The van der Waals surface area contributed by atoms with Gasteiger partial charge in [-0.05, 0) is 109 Å². The second-order valence-corrected chi connectivity index (χ2v) is 21.6. The maximum absolute atomic E-state index is 12.9. The molecule has 0 radical (unpaired) electrons. The fourth-order valence-corrected chi connectivity index (χ4v) is 9.03. The van der Waals surface area contributed by atoms with Crippen LogP contribution in [-0.2, 0) is 28.6 Å². The van der Waals surface area contributed by atoms with Gasteiger partial charge in [-0.1, -0.05) is 296 Å². The molecular formula is C73H122O6. The maximum Gasteiger partial charge on any atom is 0.306 e. The summed E-state index contributed by atoms with van der Waals surface area (Å²) in [4.78, 5) is 38.4. The Bertz CT molecular complexity index is 1640. The molecule has 0 aromatic heterocycles. The number of esters is 3. The molecule has 1 atom stereocenters. The summed E-state index contributed by atoms with van der Waals surface area (Å²) in [5.41, 5.74) is 0. The van der Waals surface area contributed by atoms with Crippen LogP contribution in [0.3, 0.4) is 0 Å². The monoisotopic (exact) mass is 1090 g/mol. The molecule has 0 heterocycles. The van der Waals surface area contributed by atoms with Crippen LogP contribution in [0.2, 0.25) is 0 Å². The van der Waals surface area contributed by atoms with Crippen molar-refractivity contribution in [1.29, 1.82) is 0 Å². The average Bonchev–Trinajstić information content (AvgIpc) is 3.45. The highest BCUT2D eigenvalue weighted by Gasteiger charge is 2.19. The molecule has 0 rings (SSSR count). The molecule has 0 aromatic rings. The molecule has 0 fully saturated rings. The fraction of sp³-hybridized carbons (Fsp3) is 0.685. The smallest absolute Gasteiger partial charge is 0.306 e. The lowest BCUT2D eigenvalue weighted by atomic mass is 10.0. The molecule has 0 aliphatic heterocycles. The molecular weight excluding hydrogens is 973 g/mol. The minimum atomic E-state index is -0.809. The zero-order valence-corrected chi connectivity index (χ0v) is 51.6. The van der Waals surface area contributed by atoms with Gasteiger partial charge in [-0.15, -0.1) is 0 Å². The van der Waals surface area contributed by atoms with Crippen LogP contribution in [0.4, 0.5) is 0 Å². The second kappa shape index (κ2) is 66.3. The summed E-state index contributed by atoms with van der Waals surface area (Å²) in [6.45, 7) is 6.48. The van der Waals surface area contributed by atoms with Crippen LogP contribution in [-0.4, -0.2) is 37.2 Å². The molecule has 0 aliphatic carbocycles. The van der Waals surface area contributed by atoms with E-state index in [2.05, 4.69) is 142 Å². The van der Waals surface area contributed by atoms with E-state index in [1.54, 1.807) is 0 Å². The summed E-state index contributed by atoms with van der Waals surface area (Å²) in [7, 11) is 0. The first-order valence-corrected chi connectivity index (χ1v) is 33.0. The topological polar surface area (TPSA) is 78.9 Å². The lowest BCUT2D eigenvalue weighted by Crippen LogP contribution is -2.30. The van der Waals surface area contributed by atoms with Crippen molar-refractivity contribution < 1.29 is 28.6 Å². The Morgan fingerprint density at radius 1 is 0.266 bits per heavy atom. The molecule has 6 heteroatoms. The number of hydrogen-bond acceptors (Lipinski definition) is 6. The highest BCUT2D eigenvalue weighted by atomic mass is 16.6. The summed E-state index contributed by atoms with van der Waals surface area (Å²) >= 11 is 0. The van der Waals surface area contributed by atoms with E-state index in [0.717, 1.165) is 109 Å². The van der Waals surface area contributed by atoms with Crippen LogP contribution in [0.1, 0.15) is 303 Å². The Morgan fingerprint density at radius 2 is 0.506 bits per heavy atom. The van der Waals surface area contributed by atoms with Crippen LogP contribution in [0.15, 0.2) is 122 Å². The minimum absolute atomic E-state index is 0.0992. The number of allylic oxidation sites excluding steroid dienone is 20. The van der Waals surface area contributed by atoms with Gasteiger partial charge in [0.05, 0.1) is 0 Å². The number of hydrogen-bond donors (Lipinski definition) is 0. The second-order valence-electron chi connectivity index (χ2n) is 21.6. The standard InChI is InChI=1S/C73H122O6/c1-4-7-10-13-16-19-22-25-28-30-32-34-36-38-40-42-45-48-51-54-57-60-63-66-72(75)78-69-70(68-77-71(74)65-62-59-56-53-50-47-44-27-24-21-18-15-12-9-6-3)79-73(76)67-64-61-58-55-52-49-46-43-41-39-37-35-33-31-29-26-23-20-17-14-11-8-5-2/h7,10,16,19,23,25-26,28,31-34,37-40,45,48,54,57,70H,4-6,8-9,11-15,17-18,20-22,24,27,29-30,35-36,41-44,46-47,49-53,55-56,58-69H2,1-3H3/b10-7-,19-16-,26-23-,28-25-,33-31-,34-32-,39-37-,40-38-,48-45-,57-54-. The van der Waals surface area contributed by atoms with E-state index in [-0.39, 0.29) is 37.5 Å². The molecule has 0 amide bonds. The van der Waals surface area contributed by atoms with Gasteiger partial charge < -0.3 is 14.2 Å². The van der Waals surface area contributed by atoms with E-state index in [4.69, 9.17) is 14.2 Å². The van der Waals surface area contributed by atoms with Crippen molar-refractivity contribution in [3.8, 4) is 0 Å². The van der Waals surface area contributed by atoms with Crippen molar-refractivity contribution in [3.05, 3.63) is 122 Å². The van der Waals surface area contributed by atoms with Gasteiger partial charge in [0.15, 0.2) is 6.10 Å². The van der Waals surface area contributed by atoms with Crippen molar-refractivity contribution in [1.82, 2.24) is 0 Å². The maximum atomic E-state index is 12.9. The van der Waals surface area contributed by atoms with Crippen LogP contribution >= 0.6 is 0 Å². The third kappa shape index (κ3) is 64.5. The van der Waals surface area contributed by atoms with Crippen molar-refractivity contribution in [2.24, 2.45) is 0 Å². The van der Waals surface area contributed by atoms with E-state index in [1.807, 2.05) is 0 Å². The van der Waals surface area contributed by atoms with Gasteiger partial charge >= 0.3 is 17.9 Å². The third-order valence-corrected chi connectivity index (χ3v) is 14.0. The van der Waals surface area contributed by atoms with E-state index < -0.39 is 6.10 Å². The first-order chi connectivity index (χ1) is 39.0. The molecule has 0 bridgehead atoms. The van der Waals surface area contributed by atoms with Gasteiger partial charge in [0, 0.05) is 19.3 Å². The lowest BCUT2D eigenvalue weighted by molar-refractivity contribution is -0.167. The quantitative estimate of drug-likeness (QED) is 0.0261. The number of rotatable bonds is 59. The summed E-state index contributed by atoms with van der Waals surface area (Å²) in [6.07, 6.45) is 92.1. The Kier molecular flexibility index (Phi) is 62.8. The summed E-state index contributed by atoms with van der Waals surface area (Å²) in [5, 5.41) is 0. The molecule has 450 valence electrons. The van der Waals surface area contributed by atoms with Gasteiger partial charge in [-0.2, -0.15) is 0 Å². The minimum Gasteiger partial charge on any atom is -0.462 e. The lowest BCUT2D eigenvalue weighted by Gasteiger charge is -2.18. The molecule has 0 aromatic carbocycles. The first-order valence-electron chi connectivity index (χ1n) is 33.0. The Morgan fingerprint density at radius 3 is 0.823 bits per heavy atom. The summed E-state index contributed by atoms with van der Waals surface area (Å²) < 4.78 is 16.9. The molecule has 0 spiro atoms. The molecule has 6 nitrogen and oxygen atoms in total. The van der Waals surface area contributed by atoms with Crippen molar-refractivity contribution in [2.75, 3.05) is 13.2 Å². The molecule has 1 unspecified atom stereocenters. The van der Waals surface area contributed by atoms with E-state index >= 15 is 0 Å². The fourth-order valence-electron chi connectivity index (χ4n) is 9.03. The van der Waals surface area contributed by atoms with Gasteiger partial charge in [0.1, 0.15) is 13.2 Å². The van der Waals surface area contributed by atoms with Crippen molar-refractivity contribution >= 4 is 17.9 Å². The Labute approximate surface area is 488 Å². The van der Waals surface area contributed by atoms with Gasteiger partial charge in [-0.25, -0.2) is 0 Å².